The highest BCUT2D eigenvalue weighted by Gasteiger charge is 2.39. The average molecular weight is 240 g/mol. The SMILES string of the molecule is CCC(C)CN(C)C(=O)C1(N)CCCC(C)C1. The van der Waals surface area contributed by atoms with Crippen LogP contribution in [0.2, 0.25) is 0 Å². The van der Waals surface area contributed by atoms with E-state index in [-0.39, 0.29) is 5.91 Å². The molecule has 3 heteroatoms. The molecule has 1 aliphatic rings. The molecule has 0 aromatic heterocycles. The quantitative estimate of drug-likeness (QED) is 0.820. The number of nitrogens with two attached hydrogens (primary N) is 1. The van der Waals surface area contributed by atoms with Gasteiger partial charge in [0.2, 0.25) is 5.91 Å². The van der Waals surface area contributed by atoms with Gasteiger partial charge in [-0.3, -0.25) is 4.79 Å². The molecule has 0 bridgehead atoms. The van der Waals surface area contributed by atoms with Gasteiger partial charge in [0, 0.05) is 13.6 Å². The summed E-state index contributed by atoms with van der Waals surface area (Å²) in [7, 11) is 1.89. The van der Waals surface area contributed by atoms with Crippen LogP contribution in [0, 0.1) is 11.8 Å². The first-order valence-corrected chi connectivity index (χ1v) is 6.93. The molecule has 1 rings (SSSR count). The van der Waals surface area contributed by atoms with Crippen molar-refractivity contribution in [1.29, 1.82) is 0 Å². The number of hydrogen-bond acceptors (Lipinski definition) is 2. The molecule has 1 amide bonds. The van der Waals surface area contributed by atoms with Crippen molar-refractivity contribution in [2.24, 2.45) is 17.6 Å². The Balaban J connectivity index is 2.61. The van der Waals surface area contributed by atoms with Crippen molar-refractivity contribution in [3.8, 4) is 0 Å². The van der Waals surface area contributed by atoms with Crippen molar-refractivity contribution in [3.63, 3.8) is 0 Å². The Morgan fingerprint density at radius 3 is 2.76 bits per heavy atom. The Hall–Kier alpha value is -0.570. The summed E-state index contributed by atoms with van der Waals surface area (Å²) in [6, 6.07) is 0. The Morgan fingerprint density at radius 2 is 2.24 bits per heavy atom. The summed E-state index contributed by atoms with van der Waals surface area (Å²) in [5.41, 5.74) is 5.72. The molecule has 0 saturated heterocycles. The minimum Gasteiger partial charge on any atom is -0.344 e. The van der Waals surface area contributed by atoms with Gasteiger partial charge in [-0.25, -0.2) is 0 Å². The summed E-state index contributed by atoms with van der Waals surface area (Å²) in [4.78, 5) is 14.3. The van der Waals surface area contributed by atoms with Gasteiger partial charge < -0.3 is 10.6 Å². The lowest BCUT2D eigenvalue weighted by Crippen LogP contribution is -2.57. The minimum atomic E-state index is -0.597. The van der Waals surface area contributed by atoms with Crippen LogP contribution in [0.5, 0.6) is 0 Å². The summed E-state index contributed by atoms with van der Waals surface area (Å²) >= 11 is 0. The molecule has 3 nitrogen and oxygen atoms in total. The zero-order chi connectivity index (χ0) is 13.1. The second-order valence-corrected chi connectivity index (χ2v) is 6.06. The maximum Gasteiger partial charge on any atom is 0.242 e. The van der Waals surface area contributed by atoms with E-state index >= 15 is 0 Å². The van der Waals surface area contributed by atoms with E-state index in [1.54, 1.807) is 0 Å². The molecule has 17 heavy (non-hydrogen) atoms. The van der Waals surface area contributed by atoms with Gasteiger partial charge in [-0.05, 0) is 24.7 Å². The van der Waals surface area contributed by atoms with E-state index in [9.17, 15) is 4.79 Å². The third-order valence-corrected chi connectivity index (χ3v) is 4.09. The molecule has 0 aromatic rings. The molecule has 3 atom stereocenters. The summed E-state index contributed by atoms with van der Waals surface area (Å²) in [5.74, 6) is 1.27. The first kappa shape index (κ1) is 14.5. The monoisotopic (exact) mass is 240 g/mol. The third-order valence-electron chi connectivity index (χ3n) is 4.09. The second kappa shape index (κ2) is 5.85. The fourth-order valence-electron chi connectivity index (χ4n) is 2.85. The largest absolute Gasteiger partial charge is 0.344 e. The molecular weight excluding hydrogens is 212 g/mol. The molecule has 100 valence electrons. The highest BCUT2D eigenvalue weighted by atomic mass is 16.2. The van der Waals surface area contributed by atoms with Crippen LogP contribution >= 0.6 is 0 Å². The lowest BCUT2D eigenvalue weighted by Gasteiger charge is -2.38. The fourth-order valence-corrected chi connectivity index (χ4v) is 2.85. The number of likely N-dealkylation sites (N-methyl/N-ethyl adjacent to an activating group) is 1. The Labute approximate surface area is 106 Å². The number of carbonyl (C=O) groups excluding carboxylic acids is 1. The van der Waals surface area contributed by atoms with E-state index in [2.05, 4.69) is 20.8 Å². The molecule has 0 aromatic carbocycles. The van der Waals surface area contributed by atoms with Crippen molar-refractivity contribution in [2.45, 2.75) is 58.4 Å². The van der Waals surface area contributed by atoms with Crippen LogP contribution in [0.25, 0.3) is 0 Å². The number of rotatable bonds is 4. The average Bonchev–Trinajstić information content (AvgIpc) is 2.27. The van der Waals surface area contributed by atoms with Crippen LogP contribution in [0.4, 0.5) is 0 Å². The van der Waals surface area contributed by atoms with E-state index in [0.29, 0.717) is 11.8 Å². The molecule has 1 aliphatic carbocycles. The van der Waals surface area contributed by atoms with Gasteiger partial charge in [-0.1, -0.05) is 40.0 Å². The van der Waals surface area contributed by atoms with Crippen molar-refractivity contribution < 1.29 is 4.79 Å². The maximum absolute atomic E-state index is 12.4. The predicted molar refractivity (Wildman–Crippen MR) is 71.6 cm³/mol. The molecule has 0 spiro atoms. The van der Waals surface area contributed by atoms with Gasteiger partial charge in [-0.15, -0.1) is 0 Å². The Bertz CT molecular complexity index is 267. The third kappa shape index (κ3) is 3.70. The van der Waals surface area contributed by atoms with Crippen molar-refractivity contribution in [1.82, 2.24) is 4.90 Å². The molecule has 2 N–H and O–H groups in total. The van der Waals surface area contributed by atoms with E-state index in [4.69, 9.17) is 5.73 Å². The van der Waals surface area contributed by atoms with E-state index in [1.807, 2.05) is 11.9 Å². The second-order valence-electron chi connectivity index (χ2n) is 6.06. The van der Waals surface area contributed by atoms with Crippen molar-refractivity contribution in [2.75, 3.05) is 13.6 Å². The number of carbonyl (C=O) groups is 1. The van der Waals surface area contributed by atoms with E-state index < -0.39 is 5.54 Å². The summed E-state index contributed by atoms with van der Waals surface area (Å²) in [6.45, 7) is 7.35. The summed E-state index contributed by atoms with van der Waals surface area (Å²) in [5, 5.41) is 0. The van der Waals surface area contributed by atoms with Gasteiger partial charge in [0.25, 0.3) is 0 Å². The van der Waals surface area contributed by atoms with E-state index in [1.165, 1.54) is 6.42 Å². The first-order valence-electron chi connectivity index (χ1n) is 6.93. The zero-order valence-electron chi connectivity index (χ0n) is 11.8. The maximum atomic E-state index is 12.4. The van der Waals surface area contributed by atoms with Crippen LogP contribution in [0.3, 0.4) is 0 Å². The molecule has 1 saturated carbocycles. The van der Waals surface area contributed by atoms with Gasteiger partial charge >= 0.3 is 0 Å². The smallest absolute Gasteiger partial charge is 0.242 e. The lowest BCUT2D eigenvalue weighted by molar-refractivity contribution is -0.138. The molecule has 1 fully saturated rings. The first-order chi connectivity index (χ1) is 7.89. The highest BCUT2D eigenvalue weighted by molar-refractivity contribution is 5.86. The van der Waals surface area contributed by atoms with Crippen molar-refractivity contribution >= 4 is 5.91 Å². The molecule has 3 unspecified atom stereocenters. The molecule has 0 aliphatic heterocycles. The lowest BCUT2D eigenvalue weighted by atomic mass is 9.76. The van der Waals surface area contributed by atoms with Crippen LogP contribution < -0.4 is 5.73 Å². The highest BCUT2D eigenvalue weighted by Crippen LogP contribution is 2.31. The van der Waals surface area contributed by atoms with Crippen LogP contribution in [0.1, 0.15) is 52.9 Å². The Morgan fingerprint density at radius 1 is 1.59 bits per heavy atom. The minimum absolute atomic E-state index is 0.143. The molecule has 0 heterocycles. The zero-order valence-corrected chi connectivity index (χ0v) is 11.8. The topological polar surface area (TPSA) is 46.3 Å². The van der Waals surface area contributed by atoms with Crippen LogP contribution in [-0.2, 0) is 4.79 Å². The molecule has 0 radical (unpaired) electrons. The van der Waals surface area contributed by atoms with Gasteiger partial charge in [-0.2, -0.15) is 0 Å². The summed E-state index contributed by atoms with van der Waals surface area (Å²) in [6.07, 6.45) is 5.09. The normalized spacial score (nSPS) is 31.0. The number of nitrogens with zero attached hydrogens (tertiary/aromatic N) is 1. The summed E-state index contributed by atoms with van der Waals surface area (Å²) < 4.78 is 0. The Kier molecular flexibility index (Phi) is 4.99. The number of hydrogen-bond donors (Lipinski definition) is 1. The van der Waals surface area contributed by atoms with Gasteiger partial charge in [0.05, 0.1) is 5.54 Å². The van der Waals surface area contributed by atoms with Crippen LogP contribution in [-0.4, -0.2) is 29.9 Å². The fraction of sp³-hybridized carbons (Fsp3) is 0.929. The van der Waals surface area contributed by atoms with Crippen LogP contribution in [0.15, 0.2) is 0 Å². The predicted octanol–water partition coefficient (Wildman–Crippen LogP) is 2.40. The van der Waals surface area contributed by atoms with Gasteiger partial charge in [0.1, 0.15) is 0 Å². The van der Waals surface area contributed by atoms with Gasteiger partial charge in [0.15, 0.2) is 0 Å². The standard InChI is InChI=1S/C14H28N2O/c1-5-11(2)10-16(4)13(17)14(15)8-6-7-12(3)9-14/h11-12H,5-10,15H2,1-4H3. The number of amides is 1. The van der Waals surface area contributed by atoms with E-state index in [0.717, 1.165) is 32.2 Å². The molecular formula is C14H28N2O. The van der Waals surface area contributed by atoms with Crippen molar-refractivity contribution in [3.05, 3.63) is 0 Å².